The minimum Gasteiger partial charge on any atom is -0.394 e. The number of hydrogen-bond acceptors (Lipinski definition) is 12. The zero-order valence-electron chi connectivity index (χ0n) is 22.5. The fourth-order valence-corrected chi connectivity index (χ4v) is 6.47. The molecule has 1 saturated carbocycles. The molecule has 40 heavy (non-hydrogen) atoms. The largest absolute Gasteiger partial charge is 0.394 e. The van der Waals surface area contributed by atoms with Gasteiger partial charge >= 0.3 is 0 Å². The number of carbonyl (C=O) groups is 2. The van der Waals surface area contributed by atoms with Crippen LogP contribution in [0.5, 0.6) is 0 Å². The molecule has 1 aliphatic heterocycles. The van der Waals surface area contributed by atoms with Crippen LogP contribution in [0.15, 0.2) is 12.4 Å². The van der Waals surface area contributed by atoms with E-state index in [9.17, 15) is 30.0 Å². The first-order valence-corrected chi connectivity index (χ1v) is 14.6. The van der Waals surface area contributed by atoms with Gasteiger partial charge in [0, 0.05) is 18.3 Å². The number of amides is 2. The summed E-state index contributed by atoms with van der Waals surface area (Å²) in [6, 6.07) is -1.50. The summed E-state index contributed by atoms with van der Waals surface area (Å²) in [5.41, 5.74) is -0.735. The predicted molar refractivity (Wildman–Crippen MR) is 142 cm³/mol. The van der Waals surface area contributed by atoms with Gasteiger partial charge in [-0.15, -0.1) is 22.0 Å². The van der Waals surface area contributed by atoms with Crippen molar-refractivity contribution in [2.45, 2.75) is 93.1 Å². The number of hydrogen-bond donors (Lipinski definition) is 6. The fraction of sp³-hybridized carbons (Fsp3) is 0.750. The molecule has 2 aromatic rings. The zero-order chi connectivity index (χ0) is 28.8. The van der Waals surface area contributed by atoms with E-state index in [2.05, 4.69) is 31.3 Å². The molecule has 2 fully saturated rings. The molecule has 8 atom stereocenters. The van der Waals surface area contributed by atoms with Gasteiger partial charge in [0.2, 0.25) is 0 Å². The number of carbonyl (C=O) groups excluding carboxylic acids is 2. The lowest BCUT2D eigenvalue weighted by atomic mass is 9.92. The van der Waals surface area contributed by atoms with Crippen LogP contribution in [0.4, 0.5) is 0 Å². The molecule has 0 spiro atoms. The number of thioether (sulfide) groups is 1. The lowest BCUT2D eigenvalue weighted by molar-refractivity contribution is -0.178. The highest BCUT2D eigenvalue weighted by molar-refractivity contribution is 8.00. The van der Waals surface area contributed by atoms with Crippen molar-refractivity contribution in [3.8, 4) is 0 Å². The third-order valence-electron chi connectivity index (χ3n) is 7.12. The van der Waals surface area contributed by atoms with Gasteiger partial charge in [0.25, 0.3) is 11.8 Å². The van der Waals surface area contributed by atoms with Gasteiger partial charge in [0.15, 0.2) is 11.4 Å². The van der Waals surface area contributed by atoms with E-state index in [1.807, 2.05) is 13.8 Å². The molecule has 3 unspecified atom stereocenters. The third kappa shape index (κ3) is 6.63. The van der Waals surface area contributed by atoms with Crippen LogP contribution in [0.25, 0.3) is 0 Å². The molecule has 3 heterocycles. The summed E-state index contributed by atoms with van der Waals surface area (Å²) in [5, 5.41) is 64.2. The van der Waals surface area contributed by atoms with Crippen molar-refractivity contribution in [2.75, 3.05) is 19.7 Å². The number of rotatable bonds is 11. The van der Waals surface area contributed by atoms with Crippen LogP contribution in [0.3, 0.4) is 0 Å². The molecular formula is C24H38N8O7S. The second-order valence-electron chi connectivity index (χ2n) is 10.0. The van der Waals surface area contributed by atoms with Crippen molar-refractivity contribution in [1.82, 2.24) is 40.6 Å². The van der Waals surface area contributed by atoms with Crippen molar-refractivity contribution in [1.29, 1.82) is 0 Å². The number of aliphatic hydroxyl groups is 4. The van der Waals surface area contributed by atoms with Gasteiger partial charge < -0.3 is 35.8 Å². The highest BCUT2D eigenvalue weighted by atomic mass is 32.2. The molecule has 4 rings (SSSR count). The van der Waals surface area contributed by atoms with E-state index in [1.54, 1.807) is 0 Å². The Morgan fingerprint density at radius 3 is 2.15 bits per heavy atom. The van der Waals surface area contributed by atoms with E-state index in [4.69, 9.17) is 4.74 Å². The number of aromatic nitrogens is 6. The van der Waals surface area contributed by atoms with Gasteiger partial charge in [-0.2, -0.15) is 0 Å². The Morgan fingerprint density at radius 1 is 0.950 bits per heavy atom. The number of aliphatic hydroxyl groups excluding tert-OH is 4. The Labute approximate surface area is 235 Å². The van der Waals surface area contributed by atoms with E-state index in [1.165, 1.54) is 33.5 Å². The van der Waals surface area contributed by atoms with Crippen LogP contribution in [0.2, 0.25) is 0 Å². The van der Waals surface area contributed by atoms with E-state index in [0.717, 1.165) is 19.3 Å². The van der Waals surface area contributed by atoms with E-state index < -0.39 is 54.4 Å². The normalized spacial score (nSPS) is 30.6. The lowest BCUT2D eigenvalue weighted by Gasteiger charge is -2.44. The first-order valence-electron chi connectivity index (χ1n) is 13.6. The monoisotopic (exact) mass is 582 g/mol. The summed E-state index contributed by atoms with van der Waals surface area (Å²) in [7, 11) is 0. The maximum absolute atomic E-state index is 12.3. The van der Waals surface area contributed by atoms with Crippen LogP contribution >= 0.6 is 11.8 Å². The van der Waals surface area contributed by atoms with Crippen LogP contribution in [0.1, 0.15) is 79.0 Å². The molecule has 0 aromatic carbocycles. The molecule has 0 bridgehead atoms. The molecule has 2 aromatic heterocycles. The van der Waals surface area contributed by atoms with E-state index in [-0.39, 0.29) is 22.5 Å². The zero-order valence-corrected chi connectivity index (χ0v) is 23.4. The highest BCUT2D eigenvalue weighted by Gasteiger charge is 2.48. The maximum atomic E-state index is 12.3. The molecule has 0 radical (unpaired) electrons. The number of nitrogens with zero attached hydrogens (tertiary/aromatic N) is 6. The molecule has 1 aliphatic carbocycles. The third-order valence-corrected chi connectivity index (χ3v) is 8.65. The number of nitrogens with one attached hydrogen (secondary N) is 2. The molecule has 222 valence electrons. The maximum Gasteiger partial charge on any atom is 0.273 e. The molecule has 2 aliphatic rings. The molecular weight excluding hydrogens is 544 g/mol. The second kappa shape index (κ2) is 13.8. The standard InChI is InChI=1S/C24H38N8O7S/c1-3-8-25-22(37)13-10-31(29-27-13)15-6-5-7-17(19(15)34)40-24-21(36)18(20(35)16(12-33)39-24)32-11-14(28-30-32)23(38)26-9-4-2/h10-11,15-21,24,33-36H,3-9,12H2,1-2H3,(H,25,37)(H,26,38)/t15?,16-,17?,18+,19?,20+,21-,24+/m1/s1. The second-order valence-corrected chi connectivity index (χ2v) is 11.4. The Kier molecular flexibility index (Phi) is 10.5. The van der Waals surface area contributed by atoms with Gasteiger partial charge in [-0.05, 0) is 25.7 Å². The van der Waals surface area contributed by atoms with Crippen molar-refractivity contribution < 1.29 is 34.8 Å². The van der Waals surface area contributed by atoms with Crippen LogP contribution in [-0.4, -0.2) is 117 Å². The average molecular weight is 583 g/mol. The quantitative estimate of drug-likeness (QED) is 0.189. The molecule has 2 amide bonds. The van der Waals surface area contributed by atoms with E-state index >= 15 is 0 Å². The Morgan fingerprint density at radius 2 is 1.55 bits per heavy atom. The van der Waals surface area contributed by atoms with Crippen LogP contribution < -0.4 is 10.6 Å². The van der Waals surface area contributed by atoms with Crippen LogP contribution in [-0.2, 0) is 4.74 Å². The first kappa shape index (κ1) is 30.3. The van der Waals surface area contributed by atoms with Gasteiger partial charge in [-0.1, -0.05) is 30.7 Å². The SMILES string of the molecule is CCCNC(=O)c1cn(C2CCCC(S[C@@H]3O[C@H](CO)[C@H](O)[C@H](n4cc(C(=O)NCCC)nn4)[C@H]3O)C2O)nn1. The summed E-state index contributed by atoms with van der Waals surface area (Å²) in [4.78, 5) is 24.5. The molecule has 6 N–H and O–H groups in total. The smallest absolute Gasteiger partial charge is 0.273 e. The van der Waals surface area contributed by atoms with Gasteiger partial charge in [0.1, 0.15) is 29.8 Å². The molecule has 1 saturated heterocycles. The Balaban J connectivity index is 1.47. The lowest BCUT2D eigenvalue weighted by Crippen LogP contribution is -2.55. The predicted octanol–water partition coefficient (Wildman–Crippen LogP) is -0.983. The topological polar surface area (TPSA) is 210 Å². The summed E-state index contributed by atoms with van der Waals surface area (Å²) in [6.45, 7) is 4.33. The van der Waals surface area contributed by atoms with E-state index in [0.29, 0.717) is 25.9 Å². The summed E-state index contributed by atoms with van der Waals surface area (Å²) < 4.78 is 8.58. The Hall–Kier alpha value is -2.63. The van der Waals surface area contributed by atoms with Crippen molar-refractivity contribution in [3.05, 3.63) is 23.8 Å². The van der Waals surface area contributed by atoms with Gasteiger partial charge in [-0.3, -0.25) is 9.59 Å². The summed E-state index contributed by atoms with van der Waals surface area (Å²) in [5.74, 6) is -0.758. The highest BCUT2D eigenvalue weighted by Crippen LogP contribution is 2.42. The van der Waals surface area contributed by atoms with Crippen LogP contribution in [0, 0.1) is 0 Å². The minimum absolute atomic E-state index is 0.0326. The minimum atomic E-state index is -1.33. The van der Waals surface area contributed by atoms with Gasteiger partial charge in [-0.25, -0.2) is 9.36 Å². The first-order chi connectivity index (χ1) is 19.3. The molecule has 15 nitrogen and oxygen atoms in total. The summed E-state index contributed by atoms with van der Waals surface area (Å²) in [6.07, 6.45) is 1.80. The summed E-state index contributed by atoms with van der Waals surface area (Å²) >= 11 is 1.20. The molecule has 16 heteroatoms. The van der Waals surface area contributed by atoms with Crippen molar-refractivity contribution in [2.24, 2.45) is 0 Å². The average Bonchev–Trinajstić information content (AvgIpc) is 3.64. The number of ether oxygens (including phenoxy) is 1. The Bertz CT molecular complexity index is 1130. The fourth-order valence-electron chi connectivity index (χ4n) is 4.95. The van der Waals surface area contributed by atoms with Crippen molar-refractivity contribution >= 4 is 23.6 Å². The van der Waals surface area contributed by atoms with Gasteiger partial charge in [0.05, 0.1) is 31.1 Å². The van der Waals surface area contributed by atoms with Crippen molar-refractivity contribution in [3.63, 3.8) is 0 Å².